The van der Waals surface area contributed by atoms with E-state index in [0.717, 1.165) is 18.9 Å². The molecule has 0 saturated carbocycles. The number of nitrogens with zero attached hydrogens (tertiary/aromatic N) is 1. The minimum Gasteiger partial charge on any atom is -0.373 e. The Kier molecular flexibility index (Phi) is 3.54. The lowest BCUT2D eigenvalue weighted by atomic mass is 10.0. The molecule has 3 rings (SSSR count). The molecule has 3 atom stereocenters. The van der Waals surface area contributed by atoms with E-state index in [0.29, 0.717) is 24.3 Å². The molecule has 0 N–H and O–H groups in total. The van der Waals surface area contributed by atoms with Crippen LogP contribution in [0.4, 0.5) is 8.78 Å². The second-order valence-corrected chi connectivity index (χ2v) is 5.70. The molecule has 2 nitrogen and oxygen atoms in total. The van der Waals surface area contributed by atoms with Crippen LogP contribution in [0, 0.1) is 11.6 Å². The van der Waals surface area contributed by atoms with Crippen LogP contribution >= 0.6 is 0 Å². The van der Waals surface area contributed by atoms with E-state index in [2.05, 4.69) is 11.9 Å². The molecule has 2 aliphatic rings. The third kappa shape index (κ3) is 2.65. The molecule has 4 heteroatoms. The van der Waals surface area contributed by atoms with Gasteiger partial charge in [-0.05, 0) is 50.4 Å². The molecule has 2 aliphatic heterocycles. The summed E-state index contributed by atoms with van der Waals surface area (Å²) in [4.78, 5) is 2.46. The minimum atomic E-state index is -0.805. The molecule has 0 amide bonds. The molecule has 2 saturated heterocycles. The number of halogens is 2. The van der Waals surface area contributed by atoms with Crippen molar-refractivity contribution in [2.24, 2.45) is 0 Å². The van der Waals surface area contributed by atoms with E-state index in [4.69, 9.17) is 4.74 Å². The van der Waals surface area contributed by atoms with Crippen molar-refractivity contribution in [3.05, 3.63) is 35.4 Å². The Morgan fingerprint density at radius 3 is 2.47 bits per heavy atom. The van der Waals surface area contributed by atoms with Gasteiger partial charge in [-0.15, -0.1) is 0 Å². The predicted molar refractivity (Wildman–Crippen MR) is 68.7 cm³/mol. The summed E-state index contributed by atoms with van der Waals surface area (Å²) in [5, 5.41) is 0. The summed E-state index contributed by atoms with van der Waals surface area (Å²) in [5.74, 6) is -1.61. The first-order valence-electron chi connectivity index (χ1n) is 6.91. The molecule has 0 radical (unpaired) electrons. The van der Waals surface area contributed by atoms with Gasteiger partial charge in [0.05, 0.1) is 12.7 Å². The van der Waals surface area contributed by atoms with Gasteiger partial charge in [-0.25, -0.2) is 8.78 Å². The van der Waals surface area contributed by atoms with E-state index in [1.54, 1.807) is 6.07 Å². The summed E-state index contributed by atoms with van der Waals surface area (Å²) >= 11 is 0. The maximum Gasteiger partial charge on any atom is 0.159 e. The van der Waals surface area contributed by atoms with E-state index in [1.165, 1.54) is 18.9 Å². The van der Waals surface area contributed by atoms with E-state index >= 15 is 0 Å². The van der Waals surface area contributed by atoms with Crippen molar-refractivity contribution in [1.82, 2.24) is 4.90 Å². The van der Waals surface area contributed by atoms with Crippen molar-refractivity contribution in [1.29, 1.82) is 0 Å². The molecule has 0 spiro atoms. The van der Waals surface area contributed by atoms with Gasteiger partial charge >= 0.3 is 0 Å². The summed E-state index contributed by atoms with van der Waals surface area (Å²) in [6.45, 7) is 0.366. The first-order valence-corrected chi connectivity index (χ1v) is 6.91. The van der Waals surface area contributed by atoms with Gasteiger partial charge in [0.25, 0.3) is 0 Å². The molecule has 0 aromatic heterocycles. The van der Waals surface area contributed by atoms with Gasteiger partial charge in [0.1, 0.15) is 0 Å². The quantitative estimate of drug-likeness (QED) is 0.834. The fourth-order valence-corrected chi connectivity index (χ4v) is 3.34. The topological polar surface area (TPSA) is 12.5 Å². The largest absolute Gasteiger partial charge is 0.373 e. The standard InChI is InChI=1S/C15H19F2NO/c1-18-11-3-4-12(18)8-13(7-11)19-9-10-2-5-14(16)15(17)6-10/h2,5-6,11-13H,3-4,7-9H2,1H3/t11-,12+,13?. The van der Waals surface area contributed by atoms with Crippen LogP contribution in [0.5, 0.6) is 0 Å². The van der Waals surface area contributed by atoms with Crippen LogP contribution in [0.15, 0.2) is 18.2 Å². The first kappa shape index (κ1) is 13.0. The van der Waals surface area contributed by atoms with E-state index in [9.17, 15) is 8.78 Å². The van der Waals surface area contributed by atoms with E-state index < -0.39 is 11.6 Å². The van der Waals surface area contributed by atoms with E-state index in [-0.39, 0.29) is 6.10 Å². The van der Waals surface area contributed by atoms with Crippen molar-refractivity contribution >= 4 is 0 Å². The summed E-state index contributed by atoms with van der Waals surface area (Å²) < 4.78 is 31.8. The normalized spacial score (nSPS) is 30.8. The van der Waals surface area contributed by atoms with Gasteiger partial charge in [0.15, 0.2) is 11.6 Å². The second kappa shape index (κ2) is 5.17. The molecule has 19 heavy (non-hydrogen) atoms. The zero-order valence-corrected chi connectivity index (χ0v) is 11.1. The Hall–Kier alpha value is -1.00. The van der Waals surface area contributed by atoms with Crippen LogP contribution in [0.25, 0.3) is 0 Å². The number of benzene rings is 1. The maximum absolute atomic E-state index is 13.1. The summed E-state index contributed by atoms with van der Waals surface area (Å²) in [5.41, 5.74) is 0.699. The van der Waals surface area contributed by atoms with Gasteiger partial charge in [0, 0.05) is 12.1 Å². The third-order valence-electron chi connectivity index (χ3n) is 4.52. The van der Waals surface area contributed by atoms with Crippen LogP contribution < -0.4 is 0 Å². The highest BCUT2D eigenvalue weighted by molar-refractivity contribution is 5.17. The minimum absolute atomic E-state index is 0.252. The molecule has 2 fully saturated rings. The Bertz CT molecular complexity index is 451. The van der Waals surface area contributed by atoms with Crippen LogP contribution in [-0.2, 0) is 11.3 Å². The Morgan fingerprint density at radius 1 is 1.16 bits per heavy atom. The second-order valence-electron chi connectivity index (χ2n) is 5.70. The average molecular weight is 267 g/mol. The van der Waals surface area contributed by atoms with Crippen LogP contribution in [0.3, 0.4) is 0 Å². The molecule has 2 bridgehead atoms. The SMILES string of the molecule is CN1[C@@H]2CC[C@H]1CC(OCc1ccc(F)c(F)c1)C2. The van der Waals surface area contributed by atoms with Crippen LogP contribution in [-0.4, -0.2) is 30.1 Å². The number of hydrogen-bond donors (Lipinski definition) is 0. The van der Waals surface area contributed by atoms with Crippen molar-refractivity contribution in [3.8, 4) is 0 Å². The van der Waals surface area contributed by atoms with Crippen molar-refractivity contribution in [2.45, 2.75) is 50.5 Å². The molecule has 104 valence electrons. The highest BCUT2D eigenvalue weighted by atomic mass is 19.2. The van der Waals surface area contributed by atoms with Crippen LogP contribution in [0.1, 0.15) is 31.2 Å². The monoisotopic (exact) mass is 267 g/mol. The Labute approximate surface area is 112 Å². The van der Waals surface area contributed by atoms with E-state index in [1.807, 2.05) is 0 Å². The lowest BCUT2D eigenvalue weighted by Gasteiger charge is -2.36. The highest BCUT2D eigenvalue weighted by Gasteiger charge is 2.38. The van der Waals surface area contributed by atoms with Gasteiger partial charge in [-0.2, -0.15) is 0 Å². The van der Waals surface area contributed by atoms with Crippen molar-refractivity contribution in [2.75, 3.05) is 7.05 Å². The molecule has 1 aromatic rings. The first-order chi connectivity index (χ1) is 9.13. The molecule has 1 unspecified atom stereocenters. The molecular formula is C15H19F2NO. The number of fused-ring (bicyclic) bond motifs is 2. The predicted octanol–water partition coefficient (Wildman–Crippen LogP) is 3.11. The Morgan fingerprint density at radius 2 is 1.84 bits per heavy atom. The summed E-state index contributed by atoms with van der Waals surface area (Å²) in [7, 11) is 2.19. The summed E-state index contributed by atoms with van der Waals surface area (Å²) in [6, 6.07) is 5.23. The fourth-order valence-electron chi connectivity index (χ4n) is 3.34. The lowest BCUT2D eigenvalue weighted by molar-refractivity contribution is -0.0212. The van der Waals surface area contributed by atoms with Gasteiger partial charge in [-0.3, -0.25) is 0 Å². The molecule has 2 heterocycles. The van der Waals surface area contributed by atoms with Gasteiger partial charge in [-0.1, -0.05) is 6.07 Å². The number of ether oxygens (including phenoxy) is 1. The number of rotatable bonds is 3. The highest BCUT2D eigenvalue weighted by Crippen LogP contribution is 2.35. The lowest BCUT2D eigenvalue weighted by Crippen LogP contribution is -2.42. The zero-order chi connectivity index (χ0) is 13.4. The fraction of sp³-hybridized carbons (Fsp3) is 0.600. The van der Waals surface area contributed by atoms with Crippen molar-refractivity contribution in [3.63, 3.8) is 0 Å². The summed E-state index contributed by atoms with van der Waals surface area (Å²) in [6.07, 6.45) is 4.87. The molecule has 1 aromatic carbocycles. The maximum atomic E-state index is 13.1. The molecule has 0 aliphatic carbocycles. The van der Waals surface area contributed by atoms with Gasteiger partial charge < -0.3 is 9.64 Å². The van der Waals surface area contributed by atoms with Crippen LogP contribution in [0.2, 0.25) is 0 Å². The number of piperidine rings is 1. The average Bonchev–Trinajstić information content (AvgIpc) is 2.64. The third-order valence-corrected chi connectivity index (χ3v) is 4.52. The Balaban J connectivity index is 1.57. The van der Waals surface area contributed by atoms with Gasteiger partial charge in [0.2, 0.25) is 0 Å². The molecular weight excluding hydrogens is 248 g/mol. The van der Waals surface area contributed by atoms with Crippen molar-refractivity contribution < 1.29 is 13.5 Å². The smallest absolute Gasteiger partial charge is 0.159 e. The number of hydrogen-bond acceptors (Lipinski definition) is 2. The zero-order valence-electron chi connectivity index (χ0n) is 11.1.